The second-order valence-electron chi connectivity index (χ2n) is 5.64. The van der Waals surface area contributed by atoms with Gasteiger partial charge in [-0.25, -0.2) is 0 Å². The molecule has 21 heavy (non-hydrogen) atoms. The van der Waals surface area contributed by atoms with E-state index in [1.807, 2.05) is 30.3 Å². The Morgan fingerprint density at radius 2 is 1.76 bits per heavy atom. The van der Waals surface area contributed by atoms with Crippen LogP contribution in [0, 0.1) is 0 Å². The van der Waals surface area contributed by atoms with Crippen molar-refractivity contribution in [3.63, 3.8) is 0 Å². The average molecular weight is 287 g/mol. The third-order valence-electron chi connectivity index (χ3n) is 4.30. The number of nitrogens with zero attached hydrogens (tertiary/aromatic N) is 2. The van der Waals surface area contributed by atoms with Crippen LogP contribution in [-0.2, 0) is 9.59 Å². The highest BCUT2D eigenvalue weighted by molar-refractivity contribution is 6.06. The second-order valence-corrected chi connectivity index (χ2v) is 5.64. The quantitative estimate of drug-likeness (QED) is 0.816. The van der Waals surface area contributed by atoms with E-state index in [1.54, 1.807) is 0 Å². The number of nitrogens with one attached hydrogen (secondary N) is 1. The normalized spacial score (nSPS) is 23.8. The minimum atomic E-state index is -0.290. The Morgan fingerprint density at radius 3 is 2.48 bits per heavy atom. The lowest BCUT2D eigenvalue weighted by molar-refractivity contribution is -0.138. The van der Waals surface area contributed by atoms with E-state index in [-0.39, 0.29) is 17.7 Å². The molecule has 5 nitrogen and oxygen atoms in total. The van der Waals surface area contributed by atoms with Gasteiger partial charge in [0.15, 0.2) is 0 Å². The molecule has 2 saturated heterocycles. The summed E-state index contributed by atoms with van der Waals surface area (Å²) in [6.45, 7) is 5.22. The van der Waals surface area contributed by atoms with Gasteiger partial charge in [-0.1, -0.05) is 30.3 Å². The Bertz CT molecular complexity index is 512. The molecular formula is C16H21N3O2. The first-order valence-electron chi connectivity index (χ1n) is 7.58. The fraction of sp³-hybridized carbons (Fsp3) is 0.500. The minimum Gasteiger partial charge on any atom is -0.314 e. The maximum absolute atomic E-state index is 12.5. The van der Waals surface area contributed by atoms with Crippen molar-refractivity contribution in [2.75, 3.05) is 39.3 Å². The molecule has 2 aliphatic rings. The number of benzene rings is 1. The molecule has 112 valence electrons. The van der Waals surface area contributed by atoms with Crippen LogP contribution in [0.15, 0.2) is 30.3 Å². The van der Waals surface area contributed by atoms with Crippen LogP contribution >= 0.6 is 0 Å². The molecule has 0 saturated carbocycles. The van der Waals surface area contributed by atoms with Crippen LogP contribution in [0.1, 0.15) is 17.9 Å². The van der Waals surface area contributed by atoms with Gasteiger partial charge in [0, 0.05) is 45.7 Å². The van der Waals surface area contributed by atoms with Crippen molar-refractivity contribution in [3.05, 3.63) is 35.9 Å². The topological polar surface area (TPSA) is 52.7 Å². The minimum absolute atomic E-state index is 0.0380. The fourth-order valence-electron chi connectivity index (χ4n) is 3.04. The molecule has 1 aromatic carbocycles. The third-order valence-corrected chi connectivity index (χ3v) is 4.30. The first-order chi connectivity index (χ1) is 10.3. The smallest absolute Gasteiger partial charge is 0.237 e. The highest BCUT2D eigenvalue weighted by Crippen LogP contribution is 2.29. The summed E-state index contributed by atoms with van der Waals surface area (Å²) in [6.07, 6.45) is 0.310. The molecule has 1 unspecified atom stereocenters. The fourth-order valence-corrected chi connectivity index (χ4v) is 3.04. The van der Waals surface area contributed by atoms with Crippen molar-refractivity contribution in [2.24, 2.45) is 0 Å². The molecule has 2 amide bonds. The lowest BCUT2D eigenvalue weighted by atomic mass is 9.98. The van der Waals surface area contributed by atoms with Gasteiger partial charge in [0.25, 0.3) is 0 Å². The van der Waals surface area contributed by atoms with E-state index in [4.69, 9.17) is 0 Å². The molecule has 0 radical (unpaired) electrons. The maximum atomic E-state index is 12.5. The summed E-state index contributed by atoms with van der Waals surface area (Å²) in [6, 6.07) is 9.60. The molecular weight excluding hydrogens is 266 g/mol. The standard InChI is InChI=1S/C16H21N3O2/c20-15-12-14(13-4-2-1-3-5-13)16(21)19(15)11-10-18-8-6-17-7-9-18/h1-5,14,17H,6-12H2. The van der Waals surface area contributed by atoms with Gasteiger partial charge in [0.2, 0.25) is 11.8 Å². The van der Waals surface area contributed by atoms with Gasteiger partial charge in [-0.05, 0) is 5.56 Å². The van der Waals surface area contributed by atoms with Gasteiger partial charge in [-0.2, -0.15) is 0 Å². The Labute approximate surface area is 124 Å². The molecule has 1 N–H and O–H groups in total. The average Bonchev–Trinajstić information content (AvgIpc) is 2.82. The van der Waals surface area contributed by atoms with Gasteiger partial charge >= 0.3 is 0 Å². The Hall–Kier alpha value is -1.72. The zero-order valence-corrected chi connectivity index (χ0v) is 12.1. The van der Waals surface area contributed by atoms with Crippen molar-refractivity contribution in [1.82, 2.24) is 15.1 Å². The van der Waals surface area contributed by atoms with Gasteiger partial charge < -0.3 is 5.32 Å². The van der Waals surface area contributed by atoms with Gasteiger partial charge in [0.1, 0.15) is 0 Å². The summed E-state index contributed by atoms with van der Waals surface area (Å²) in [7, 11) is 0. The number of likely N-dealkylation sites (tertiary alicyclic amines) is 1. The van der Waals surface area contributed by atoms with E-state index in [2.05, 4.69) is 10.2 Å². The van der Waals surface area contributed by atoms with E-state index in [0.29, 0.717) is 13.0 Å². The largest absolute Gasteiger partial charge is 0.314 e. The number of imide groups is 1. The lowest BCUT2D eigenvalue weighted by Gasteiger charge is -2.28. The van der Waals surface area contributed by atoms with Crippen molar-refractivity contribution >= 4 is 11.8 Å². The maximum Gasteiger partial charge on any atom is 0.237 e. The van der Waals surface area contributed by atoms with Crippen LogP contribution < -0.4 is 5.32 Å². The van der Waals surface area contributed by atoms with E-state index in [9.17, 15) is 9.59 Å². The zero-order valence-electron chi connectivity index (χ0n) is 12.1. The van der Waals surface area contributed by atoms with Crippen LogP contribution in [0.2, 0.25) is 0 Å². The molecule has 2 aliphatic heterocycles. The number of carbonyl (C=O) groups excluding carboxylic acids is 2. The Balaban J connectivity index is 1.61. The van der Waals surface area contributed by atoms with Crippen LogP contribution in [-0.4, -0.2) is 60.9 Å². The summed E-state index contributed by atoms with van der Waals surface area (Å²) in [4.78, 5) is 28.3. The number of piperazine rings is 1. The van der Waals surface area contributed by atoms with Crippen LogP contribution in [0.4, 0.5) is 0 Å². The summed E-state index contributed by atoms with van der Waals surface area (Å²) < 4.78 is 0. The van der Waals surface area contributed by atoms with E-state index in [0.717, 1.165) is 38.3 Å². The lowest BCUT2D eigenvalue weighted by Crippen LogP contribution is -2.47. The third kappa shape index (κ3) is 3.14. The van der Waals surface area contributed by atoms with Crippen molar-refractivity contribution < 1.29 is 9.59 Å². The van der Waals surface area contributed by atoms with Crippen molar-refractivity contribution in [3.8, 4) is 0 Å². The van der Waals surface area contributed by atoms with E-state index < -0.39 is 0 Å². The van der Waals surface area contributed by atoms with Gasteiger partial charge in [-0.3, -0.25) is 19.4 Å². The summed E-state index contributed by atoms with van der Waals surface area (Å²) in [5.74, 6) is -0.368. The van der Waals surface area contributed by atoms with E-state index in [1.165, 1.54) is 4.90 Å². The number of rotatable bonds is 4. The monoisotopic (exact) mass is 287 g/mol. The first-order valence-corrected chi connectivity index (χ1v) is 7.58. The summed E-state index contributed by atoms with van der Waals surface area (Å²) in [5, 5.41) is 3.30. The molecule has 3 rings (SSSR count). The predicted molar refractivity (Wildman–Crippen MR) is 79.8 cm³/mol. The van der Waals surface area contributed by atoms with Gasteiger partial charge in [-0.15, -0.1) is 0 Å². The van der Waals surface area contributed by atoms with Crippen LogP contribution in [0.5, 0.6) is 0 Å². The first kappa shape index (κ1) is 14.2. The zero-order chi connectivity index (χ0) is 14.7. The number of hydrogen-bond acceptors (Lipinski definition) is 4. The molecule has 0 aliphatic carbocycles. The SMILES string of the molecule is O=C1CC(c2ccccc2)C(=O)N1CCN1CCNCC1. The van der Waals surface area contributed by atoms with Crippen molar-refractivity contribution in [1.29, 1.82) is 0 Å². The Kier molecular flexibility index (Phi) is 4.31. The predicted octanol–water partition coefficient (Wildman–Crippen LogP) is 0.434. The van der Waals surface area contributed by atoms with Crippen LogP contribution in [0.25, 0.3) is 0 Å². The molecule has 1 aromatic rings. The second kappa shape index (κ2) is 6.37. The number of carbonyl (C=O) groups is 2. The molecule has 0 bridgehead atoms. The highest BCUT2D eigenvalue weighted by atomic mass is 16.2. The van der Waals surface area contributed by atoms with Gasteiger partial charge in [0.05, 0.1) is 5.92 Å². The van der Waals surface area contributed by atoms with E-state index >= 15 is 0 Å². The summed E-state index contributed by atoms with van der Waals surface area (Å²) >= 11 is 0. The number of amides is 2. The molecule has 1 atom stereocenters. The molecule has 0 spiro atoms. The molecule has 0 aromatic heterocycles. The molecule has 2 heterocycles. The van der Waals surface area contributed by atoms with Crippen LogP contribution in [0.3, 0.4) is 0 Å². The summed E-state index contributed by atoms with van der Waals surface area (Å²) in [5.41, 5.74) is 0.945. The Morgan fingerprint density at radius 1 is 1.05 bits per heavy atom. The highest BCUT2D eigenvalue weighted by Gasteiger charge is 2.39. The molecule has 2 fully saturated rings. The molecule has 5 heteroatoms. The van der Waals surface area contributed by atoms with Crippen molar-refractivity contribution in [2.45, 2.75) is 12.3 Å². The number of hydrogen-bond donors (Lipinski definition) is 1.